The molecule has 0 radical (unpaired) electrons. The van der Waals surface area contributed by atoms with Crippen LogP contribution >= 0.6 is 0 Å². The molecule has 6 nitrogen and oxygen atoms in total. The van der Waals surface area contributed by atoms with Crippen LogP contribution in [0.1, 0.15) is 84.5 Å². The second-order valence-corrected chi connectivity index (χ2v) is 6.98. The summed E-state index contributed by atoms with van der Waals surface area (Å²) < 4.78 is 36.0. The number of unbranched alkanes of at least 4 members (excludes halogenated alkanes) is 10. The van der Waals surface area contributed by atoms with Gasteiger partial charge in [0.05, 0.1) is 13.2 Å². The zero-order valence-electron chi connectivity index (χ0n) is 15.8. The maximum absolute atomic E-state index is 11.2. The standard InChI is InChI=1S/C18H34O6S/c1-3-5-6-7-8-9-10-11-12-13-14-15-16-22-24-25(19,20)23-18-17-21-4-2/h3-14,17-18H2,1-2H3. The summed E-state index contributed by atoms with van der Waals surface area (Å²) in [5.74, 6) is 2.72. The molecular weight excluding hydrogens is 344 g/mol. The summed E-state index contributed by atoms with van der Waals surface area (Å²) in [4.78, 5) is 4.33. The highest BCUT2D eigenvalue weighted by atomic mass is 32.3. The van der Waals surface area contributed by atoms with Gasteiger partial charge in [0.1, 0.15) is 0 Å². The highest BCUT2D eigenvalue weighted by molar-refractivity contribution is 7.81. The summed E-state index contributed by atoms with van der Waals surface area (Å²) >= 11 is 0. The molecule has 0 saturated heterocycles. The van der Waals surface area contributed by atoms with Gasteiger partial charge in [-0.25, -0.2) is 4.18 Å². The molecule has 0 unspecified atom stereocenters. The smallest absolute Gasteiger partial charge is 0.379 e. The van der Waals surface area contributed by atoms with Crippen LogP contribution in [-0.4, -0.2) is 28.2 Å². The van der Waals surface area contributed by atoms with E-state index in [2.05, 4.69) is 32.4 Å². The molecule has 0 aliphatic carbocycles. The normalized spacial score (nSPS) is 11.1. The van der Waals surface area contributed by atoms with Crippen LogP contribution in [-0.2, 0) is 28.5 Å². The van der Waals surface area contributed by atoms with Crippen molar-refractivity contribution in [1.82, 2.24) is 0 Å². The van der Waals surface area contributed by atoms with Gasteiger partial charge >= 0.3 is 10.4 Å². The van der Waals surface area contributed by atoms with Crippen LogP contribution in [0.2, 0.25) is 0 Å². The third-order valence-electron chi connectivity index (χ3n) is 3.55. The minimum absolute atomic E-state index is 0.119. The van der Waals surface area contributed by atoms with Crippen LogP contribution < -0.4 is 0 Å². The van der Waals surface area contributed by atoms with Gasteiger partial charge in [0.15, 0.2) is 6.11 Å². The fourth-order valence-corrected chi connectivity index (χ4v) is 2.63. The Morgan fingerprint density at radius 2 is 1.40 bits per heavy atom. The van der Waals surface area contributed by atoms with Crippen molar-refractivity contribution >= 4 is 10.4 Å². The van der Waals surface area contributed by atoms with E-state index in [0.717, 1.165) is 12.8 Å². The van der Waals surface area contributed by atoms with Crippen LogP contribution in [0.15, 0.2) is 0 Å². The van der Waals surface area contributed by atoms with Gasteiger partial charge in [-0.2, -0.15) is 8.42 Å². The van der Waals surface area contributed by atoms with Gasteiger partial charge in [-0.3, -0.25) is 4.89 Å². The van der Waals surface area contributed by atoms with E-state index in [9.17, 15) is 8.42 Å². The highest BCUT2D eigenvalue weighted by Crippen LogP contribution is 2.11. The lowest BCUT2D eigenvalue weighted by Crippen LogP contribution is -2.13. The molecule has 0 bridgehead atoms. The average Bonchev–Trinajstić information content (AvgIpc) is 2.59. The molecule has 7 heteroatoms. The molecule has 0 N–H and O–H groups in total. The third kappa shape index (κ3) is 19.4. The first-order valence-electron chi connectivity index (χ1n) is 9.42. The fraction of sp³-hybridized carbons (Fsp3) is 0.889. The molecule has 0 spiro atoms. The van der Waals surface area contributed by atoms with Crippen LogP contribution in [0.3, 0.4) is 0 Å². The lowest BCUT2D eigenvalue weighted by molar-refractivity contribution is -0.139. The molecule has 0 aromatic carbocycles. The van der Waals surface area contributed by atoms with Gasteiger partial charge in [-0.05, 0) is 17.7 Å². The Morgan fingerprint density at radius 3 is 2.00 bits per heavy atom. The second kappa shape index (κ2) is 18.0. The summed E-state index contributed by atoms with van der Waals surface area (Å²) in [6.45, 7) is 4.58. The van der Waals surface area contributed by atoms with Crippen molar-refractivity contribution < 1.29 is 26.6 Å². The molecule has 0 aliphatic heterocycles. The van der Waals surface area contributed by atoms with Crippen molar-refractivity contribution in [3.8, 4) is 12.0 Å². The molecule has 0 atom stereocenters. The molecule has 25 heavy (non-hydrogen) atoms. The van der Waals surface area contributed by atoms with Crippen molar-refractivity contribution in [3.05, 3.63) is 0 Å². The van der Waals surface area contributed by atoms with E-state index in [4.69, 9.17) is 4.74 Å². The predicted octanol–water partition coefficient (Wildman–Crippen LogP) is 4.50. The first-order valence-corrected chi connectivity index (χ1v) is 10.8. The van der Waals surface area contributed by atoms with Crippen molar-refractivity contribution in [2.45, 2.75) is 84.5 Å². The largest absolute Gasteiger partial charge is 0.436 e. The number of hydrogen-bond donors (Lipinski definition) is 0. The molecule has 0 fully saturated rings. The molecule has 0 amide bonds. The Labute approximate surface area is 153 Å². The van der Waals surface area contributed by atoms with Gasteiger partial charge < -0.3 is 4.74 Å². The van der Waals surface area contributed by atoms with E-state index in [-0.39, 0.29) is 13.2 Å². The van der Waals surface area contributed by atoms with Crippen LogP contribution in [0.5, 0.6) is 0 Å². The minimum Gasteiger partial charge on any atom is -0.379 e. The quantitative estimate of drug-likeness (QED) is 0.161. The van der Waals surface area contributed by atoms with E-state index >= 15 is 0 Å². The van der Waals surface area contributed by atoms with E-state index < -0.39 is 10.4 Å². The van der Waals surface area contributed by atoms with Gasteiger partial charge in [0.2, 0.25) is 0 Å². The lowest BCUT2D eigenvalue weighted by atomic mass is 10.1. The Kier molecular flexibility index (Phi) is 17.4. The summed E-state index contributed by atoms with van der Waals surface area (Å²) in [5.41, 5.74) is 0. The second-order valence-electron chi connectivity index (χ2n) is 5.79. The number of hydrogen-bond acceptors (Lipinski definition) is 6. The summed E-state index contributed by atoms with van der Waals surface area (Å²) in [6, 6.07) is 0. The Hall–Kier alpha value is -0.810. The number of rotatable bonds is 17. The summed E-state index contributed by atoms with van der Waals surface area (Å²) in [6.07, 6.45) is 15.5. The Morgan fingerprint density at radius 1 is 0.800 bits per heavy atom. The molecule has 0 rings (SSSR count). The molecule has 0 aromatic rings. The fourth-order valence-electron chi connectivity index (χ4n) is 2.20. The third-order valence-corrected chi connectivity index (χ3v) is 4.24. The molecule has 0 aromatic heterocycles. The van der Waals surface area contributed by atoms with E-state index in [1.54, 1.807) is 6.92 Å². The van der Waals surface area contributed by atoms with Crippen molar-refractivity contribution in [1.29, 1.82) is 0 Å². The van der Waals surface area contributed by atoms with Gasteiger partial charge in [-0.15, -0.1) is 0 Å². The lowest BCUT2D eigenvalue weighted by Gasteiger charge is -2.02. The van der Waals surface area contributed by atoms with E-state index in [1.165, 1.54) is 51.4 Å². The average molecular weight is 379 g/mol. The number of ether oxygens (including phenoxy) is 1. The zero-order chi connectivity index (χ0) is 18.6. The van der Waals surface area contributed by atoms with Gasteiger partial charge in [0, 0.05) is 13.0 Å². The minimum atomic E-state index is -4.18. The monoisotopic (exact) mass is 378 g/mol. The highest BCUT2D eigenvalue weighted by Gasteiger charge is 2.12. The van der Waals surface area contributed by atoms with Gasteiger partial charge in [-0.1, -0.05) is 70.6 Å². The predicted molar refractivity (Wildman–Crippen MR) is 97.8 cm³/mol. The summed E-state index contributed by atoms with van der Waals surface area (Å²) in [5, 5.41) is 0. The van der Waals surface area contributed by atoms with Crippen LogP contribution in [0, 0.1) is 12.0 Å². The maximum atomic E-state index is 11.2. The topological polar surface area (TPSA) is 71.1 Å². The summed E-state index contributed by atoms with van der Waals surface area (Å²) in [7, 11) is -4.18. The molecule has 0 aliphatic rings. The molecule has 148 valence electrons. The first kappa shape index (κ1) is 24.2. The SMILES string of the molecule is CCCCCCCCCCCCC#COOS(=O)(=O)OCCOCC. The van der Waals surface area contributed by atoms with Crippen LogP contribution in [0.4, 0.5) is 0 Å². The van der Waals surface area contributed by atoms with Crippen LogP contribution in [0.25, 0.3) is 0 Å². The van der Waals surface area contributed by atoms with Crippen molar-refractivity contribution in [2.75, 3.05) is 19.8 Å². The van der Waals surface area contributed by atoms with E-state index in [1.807, 2.05) is 0 Å². The maximum Gasteiger partial charge on any atom is 0.436 e. The zero-order valence-corrected chi connectivity index (χ0v) is 16.6. The molecular formula is C18H34O6S. The van der Waals surface area contributed by atoms with Gasteiger partial charge in [0.25, 0.3) is 0 Å². The van der Waals surface area contributed by atoms with Crippen molar-refractivity contribution in [2.24, 2.45) is 0 Å². The first-order chi connectivity index (χ1) is 12.1. The van der Waals surface area contributed by atoms with Crippen molar-refractivity contribution in [3.63, 3.8) is 0 Å². The molecule has 0 saturated carbocycles. The Balaban J connectivity index is 3.41. The molecule has 0 heterocycles. The van der Waals surface area contributed by atoms with E-state index in [0.29, 0.717) is 13.0 Å². The Bertz CT molecular complexity index is 438.